The van der Waals surface area contributed by atoms with Gasteiger partial charge in [0.05, 0.1) is 11.7 Å². The molecule has 39 heavy (non-hydrogen) atoms. The van der Waals surface area contributed by atoms with Crippen molar-refractivity contribution >= 4 is 51.3 Å². The molecule has 2 aromatic heterocycles. The minimum atomic E-state index is -0.279. The van der Waals surface area contributed by atoms with E-state index in [0.29, 0.717) is 16.7 Å². The van der Waals surface area contributed by atoms with E-state index in [1.165, 1.54) is 0 Å². The van der Waals surface area contributed by atoms with Crippen LogP contribution < -0.4 is 10.6 Å². The van der Waals surface area contributed by atoms with Gasteiger partial charge in [0.2, 0.25) is 5.91 Å². The molecule has 1 amide bonds. The molecule has 0 radical (unpaired) electrons. The number of aromatic nitrogens is 1. The number of nitrogens with one attached hydrogen (secondary N) is 2. The third-order valence-corrected chi connectivity index (χ3v) is 7.49. The Bertz CT molecular complexity index is 1630. The van der Waals surface area contributed by atoms with Crippen LogP contribution in [0.1, 0.15) is 30.0 Å². The molecule has 0 saturated carbocycles. The van der Waals surface area contributed by atoms with Gasteiger partial charge in [0, 0.05) is 40.8 Å². The van der Waals surface area contributed by atoms with Crippen molar-refractivity contribution in [2.75, 3.05) is 11.9 Å². The van der Waals surface area contributed by atoms with Gasteiger partial charge in [-0.3, -0.25) is 9.78 Å². The highest BCUT2D eigenvalue weighted by atomic mass is 35.5. The number of benzene rings is 3. The smallest absolute Gasteiger partial charge is 0.226 e. The van der Waals surface area contributed by atoms with Gasteiger partial charge in [0.25, 0.3) is 0 Å². The standard InChI is InChI=1S/C31H25ClN4O2S/c32-22-13-11-21(12-14-22)26-15-16-27(38-26)30-29(25-9-3-4-18-33-25)35-31(39)36(30)19-17-28(37)34-24-10-5-7-20-6-1-2-8-23(20)24/h1-16,18,29-30H,17,19H2,(H,34,37)(H,35,39)/t29-,30+/m1/s1. The Labute approximate surface area is 236 Å². The van der Waals surface area contributed by atoms with E-state index < -0.39 is 0 Å². The molecule has 0 unspecified atom stereocenters. The summed E-state index contributed by atoms with van der Waals surface area (Å²) in [6, 6.07) is 30.6. The lowest BCUT2D eigenvalue weighted by Gasteiger charge is -2.26. The third-order valence-electron chi connectivity index (χ3n) is 6.89. The van der Waals surface area contributed by atoms with Gasteiger partial charge in [-0.15, -0.1) is 0 Å². The molecule has 1 fully saturated rings. The van der Waals surface area contributed by atoms with Crippen LogP contribution in [-0.4, -0.2) is 27.4 Å². The van der Waals surface area contributed by atoms with E-state index >= 15 is 0 Å². The van der Waals surface area contributed by atoms with Crippen molar-refractivity contribution in [2.24, 2.45) is 0 Å². The third kappa shape index (κ3) is 5.24. The van der Waals surface area contributed by atoms with Crippen LogP contribution in [0.15, 0.2) is 108 Å². The Morgan fingerprint density at radius 2 is 1.77 bits per heavy atom. The number of halogens is 1. The van der Waals surface area contributed by atoms with Crippen molar-refractivity contribution in [2.45, 2.75) is 18.5 Å². The molecule has 1 aliphatic heterocycles. The van der Waals surface area contributed by atoms with E-state index in [1.54, 1.807) is 6.20 Å². The average molecular weight is 553 g/mol. The van der Waals surface area contributed by atoms with Crippen LogP contribution in [0.25, 0.3) is 22.1 Å². The molecule has 5 aromatic rings. The minimum absolute atomic E-state index is 0.0875. The maximum Gasteiger partial charge on any atom is 0.226 e. The van der Waals surface area contributed by atoms with Gasteiger partial charge in [-0.2, -0.15) is 0 Å². The molecule has 3 heterocycles. The predicted molar refractivity (Wildman–Crippen MR) is 159 cm³/mol. The molecule has 3 aromatic carbocycles. The van der Waals surface area contributed by atoms with Crippen LogP contribution in [0.4, 0.5) is 5.69 Å². The first-order chi connectivity index (χ1) is 19.1. The van der Waals surface area contributed by atoms with Crippen molar-refractivity contribution < 1.29 is 9.21 Å². The summed E-state index contributed by atoms with van der Waals surface area (Å²) >= 11 is 11.8. The van der Waals surface area contributed by atoms with Crippen LogP contribution in [0.5, 0.6) is 0 Å². The van der Waals surface area contributed by atoms with E-state index in [0.717, 1.165) is 39.2 Å². The Morgan fingerprint density at radius 3 is 2.59 bits per heavy atom. The van der Waals surface area contributed by atoms with E-state index in [1.807, 2.05) is 102 Å². The number of rotatable bonds is 7. The highest BCUT2D eigenvalue weighted by molar-refractivity contribution is 7.80. The summed E-state index contributed by atoms with van der Waals surface area (Å²) in [4.78, 5) is 19.7. The number of thiocarbonyl (C=S) groups is 1. The second kappa shape index (κ2) is 10.9. The van der Waals surface area contributed by atoms with Crippen molar-refractivity contribution in [3.8, 4) is 11.3 Å². The van der Waals surface area contributed by atoms with E-state index in [9.17, 15) is 4.79 Å². The van der Waals surface area contributed by atoms with Crippen LogP contribution in [0.3, 0.4) is 0 Å². The van der Waals surface area contributed by atoms with Crippen molar-refractivity contribution in [3.05, 3.63) is 120 Å². The molecular weight excluding hydrogens is 528 g/mol. The van der Waals surface area contributed by atoms with Crippen molar-refractivity contribution in [1.29, 1.82) is 0 Å². The zero-order chi connectivity index (χ0) is 26.8. The zero-order valence-electron chi connectivity index (χ0n) is 20.9. The summed E-state index contributed by atoms with van der Waals surface area (Å²) in [5, 5.41) is 9.79. The Balaban J connectivity index is 1.25. The number of amides is 1. The number of hydrogen-bond donors (Lipinski definition) is 2. The first-order valence-electron chi connectivity index (χ1n) is 12.7. The van der Waals surface area contributed by atoms with Gasteiger partial charge in [-0.1, -0.05) is 54.1 Å². The molecule has 0 spiro atoms. The maximum atomic E-state index is 13.1. The molecule has 6 rings (SSSR count). The molecule has 1 aliphatic rings. The van der Waals surface area contributed by atoms with E-state index in [2.05, 4.69) is 15.6 Å². The molecule has 6 nitrogen and oxygen atoms in total. The molecule has 1 saturated heterocycles. The Hall–Kier alpha value is -4.20. The number of hydrogen-bond acceptors (Lipinski definition) is 4. The summed E-state index contributed by atoms with van der Waals surface area (Å²) in [5.41, 5.74) is 2.56. The SMILES string of the molecule is O=C(CCN1C(=S)N[C@H](c2ccccn2)[C@@H]1c1ccc(-c2ccc(Cl)cc2)o1)Nc1cccc2ccccc12. The molecular formula is C31H25ClN4O2S. The van der Waals surface area contributed by atoms with Crippen molar-refractivity contribution in [3.63, 3.8) is 0 Å². The summed E-state index contributed by atoms with van der Waals surface area (Å²) in [6.07, 6.45) is 2.01. The molecule has 2 atom stereocenters. The lowest BCUT2D eigenvalue weighted by molar-refractivity contribution is -0.116. The van der Waals surface area contributed by atoms with E-state index in [-0.39, 0.29) is 24.4 Å². The minimum Gasteiger partial charge on any atom is -0.459 e. The van der Waals surface area contributed by atoms with Crippen molar-refractivity contribution in [1.82, 2.24) is 15.2 Å². The molecule has 0 bridgehead atoms. The summed E-state index contributed by atoms with van der Waals surface area (Å²) in [5.74, 6) is 1.38. The van der Waals surface area contributed by atoms with Crippen LogP contribution in [0, 0.1) is 0 Å². The lowest BCUT2D eigenvalue weighted by Crippen LogP contribution is -2.32. The summed E-state index contributed by atoms with van der Waals surface area (Å²) in [7, 11) is 0. The van der Waals surface area contributed by atoms with Gasteiger partial charge in [-0.25, -0.2) is 0 Å². The number of fused-ring (bicyclic) bond motifs is 1. The molecule has 2 N–H and O–H groups in total. The second-order valence-corrected chi connectivity index (χ2v) is 10.2. The number of anilines is 1. The molecule has 194 valence electrons. The maximum absolute atomic E-state index is 13.1. The largest absolute Gasteiger partial charge is 0.459 e. The molecule has 0 aliphatic carbocycles. The van der Waals surface area contributed by atoms with Gasteiger partial charge in [0.1, 0.15) is 17.6 Å². The van der Waals surface area contributed by atoms with Crippen LogP contribution >= 0.6 is 23.8 Å². The van der Waals surface area contributed by atoms with Crippen LogP contribution in [0.2, 0.25) is 5.02 Å². The average Bonchev–Trinajstić information content (AvgIpc) is 3.57. The topological polar surface area (TPSA) is 70.4 Å². The zero-order valence-corrected chi connectivity index (χ0v) is 22.5. The summed E-state index contributed by atoms with van der Waals surface area (Å²) in [6.45, 7) is 0.410. The normalized spacial score (nSPS) is 16.8. The van der Waals surface area contributed by atoms with Gasteiger partial charge in [0.15, 0.2) is 5.11 Å². The number of nitrogens with zero attached hydrogens (tertiary/aromatic N) is 2. The van der Waals surface area contributed by atoms with Crippen LogP contribution in [-0.2, 0) is 4.79 Å². The highest BCUT2D eigenvalue weighted by Gasteiger charge is 2.41. The highest BCUT2D eigenvalue weighted by Crippen LogP contribution is 2.40. The van der Waals surface area contributed by atoms with Gasteiger partial charge < -0.3 is 20.0 Å². The summed E-state index contributed by atoms with van der Waals surface area (Å²) < 4.78 is 6.36. The lowest BCUT2D eigenvalue weighted by atomic mass is 10.0. The first-order valence-corrected chi connectivity index (χ1v) is 13.5. The Morgan fingerprint density at radius 1 is 0.974 bits per heavy atom. The predicted octanol–water partition coefficient (Wildman–Crippen LogP) is 7.15. The number of carbonyl (C=O) groups excluding carboxylic acids is 1. The molecule has 8 heteroatoms. The second-order valence-electron chi connectivity index (χ2n) is 9.35. The fourth-order valence-corrected chi connectivity index (χ4v) is 5.46. The number of pyridine rings is 1. The van der Waals surface area contributed by atoms with Gasteiger partial charge >= 0.3 is 0 Å². The fraction of sp³-hybridized carbons (Fsp3) is 0.129. The monoisotopic (exact) mass is 552 g/mol. The Kier molecular flexibility index (Phi) is 7.00. The van der Waals surface area contributed by atoms with E-state index in [4.69, 9.17) is 28.2 Å². The quantitative estimate of drug-likeness (QED) is 0.209. The number of carbonyl (C=O) groups is 1. The fourth-order valence-electron chi connectivity index (χ4n) is 5.01. The first kappa shape index (κ1) is 25.1. The number of furan rings is 1. The van der Waals surface area contributed by atoms with Gasteiger partial charge in [-0.05, 0) is 72.2 Å².